The van der Waals surface area contributed by atoms with Crippen molar-refractivity contribution in [2.45, 2.75) is 46.2 Å². The third-order valence-electron chi connectivity index (χ3n) is 4.80. The second-order valence-corrected chi connectivity index (χ2v) is 6.86. The van der Waals surface area contributed by atoms with Crippen LogP contribution in [0.5, 0.6) is 0 Å². The Morgan fingerprint density at radius 1 is 1.22 bits per heavy atom. The Balaban J connectivity index is 1.64. The predicted octanol–water partition coefficient (Wildman–Crippen LogP) is 1.37. The number of amides is 2. The second kappa shape index (κ2) is 8.16. The Hall–Kier alpha value is -2.96. The minimum absolute atomic E-state index is 0.0127. The predicted molar refractivity (Wildman–Crippen MR) is 101 cm³/mol. The number of nitrogens with zero attached hydrogens (tertiary/aromatic N) is 2. The first kappa shape index (κ1) is 18.8. The molecule has 1 fully saturated rings. The lowest BCUT2D eigenvalue weighted by Gasteiger charge is -2.18. The van der Waals surface area contributed by atoms with E-state index in [-0.39, 0.29) is 23.8 Å². The molecular formula is C20H24N4O3. The Morgan fingerprint density at radius 2 is 1.96 bits per heavy atom. The van der Waals surface area contributed by atoms with Crippen molar-refractivity contribution in [2.75, 3.05) is 6.54 Å². The topological polar surface area (TPSA) is 95.2 Å². The molecule has 7 nitrogen and oxygen atoms in total. The third-order valence-corrected chi connectivity index (χ3v) is 4.80. The highest BCUT2D eigenvalue weighted by atomic mass is 16.2. The summed E-state index contributed by atoms with van der Waals surface area (Å²) >= 11 is 0. The number of rotatable bonds is 6. The molecule has 2 heterocycles. The maximum Gasteiger partial charge on any atom is 0.254 e. The van der Waals surface area contributed by atoms with Crippen LogP contribution in [-0.4, -0.2) is 33.2 Å². The van der Waals surface area contributed by atoms with E-state index >= 15 is 0 Å². The average molecular weight is 368 g/mol. The molecule has 142 valence electrons. The molecule has 0 radical (unpaired) electrons. The SMILES string of the molecule is Cc1nc(C)c(CC(=O)NCc2ccccc2CN2CCCC2=O)c(=O)[nH]1. The van der Waals surface area contributed by atoms with Gasteiger partial charge in [0.1, 0.15) is 5.82 Å². The average Bonchev–Trinajstić information content (AvgIpc) is 3.02. The molecule has 27 heavy (non-hydrogen) atoms. The lowest BCUT2D eigenvalue weighted by molar-refractivity contribution is -0.128. The summed E-state index contributed by atoms with van der Waals surface area (Å²) in [5, 5.41) is 2.87. The number of aromatic amines is 1. The highest BCUT2D eigenvalue weighted by Gasteiger charge is 2.21. The number of carbonyl (C=O) groups is 2. The number of benzene rings is 1. The van der Waals surface area contributed by atoms with Gasteiger partial charge in [-0.3, -0.25) is 14.4 Å². The summed E-state index contributed by atoms with van der Waals surface area (Å²) in [7, 11) is 0. The molecule has 1 saturated heterocycles. The van der Waals surface area contributed by atoms with Crippen LogP contribution in [0.3, 0.4) is 0 Å². The molecule has 2 aromatic rings. The van der Waals surface area contributed by atoms with Crippen molar-refractivity contribution in [1.29, 1.82) is 0 Å². The first-order chi connectivity index (χ1) is 12.9. The van der Waals surface area contributed by atoms with E-state index in [4.69, 9.17) is 0 Å². The van der Waals surface area contributed by atoms with E-state index in [2.05, 4.69) is 15.3 Å². The van der Waals surface area contributed by atoms with Crippen molar-refractivity contribution in [3.63, 3.8) is 0 Å². The number of likely N-dealkylation sites (tertiary alicyclic amines) is 1. The molecule has 0 spiro atoms. The van der Waals surface area contributed by atoms with Gasteiger partial charge in [-0.1, -0.05) is 24.3 Å². The number of hydrogen-bond donors (Lipinski definition) is 2. The molecule has 0 bridgehead atoms. The van der Waals surface area contributed by atoms with Crippen LogP contribution in [-0.2, 0) is 29.1 Å². The molecule has 2 amide bonds. The highest BCUT2D eigenvalue weighted by molar-refractivity contribution is 5.79. The van der Waals surface area contributed by atoms with Gasteiger partial charge in [0.15, 0.2) is 0 Å². The van der Waals surface area contributed by atoms with Crippen molar-refractivity contribution >= 4 is 11.8 Å². The molecule has 3 rings (SSSR count). The molecule has 0 unspecified atom stereocenters. The number of carbonyl (C=O) groups excluding carboxylic acids is 2. The fourth-order valence-electron chi connectivity index (χ4n) is 3.34. The van der Waals surface area contributed by atoms with E-state index in [1.54, 1.807) is 13.8 Å². The van der Waals surface area contributed by atoms with E-state index in [0.29, 0.717) is 36.6 Å². The molecule has 0 aliphatic carbocycles. The van der Waals surface area contributed by atoms with Gasteiger partial charge in [0.2, 0.25) is 11.8 Å². The van der Waals surface area contributed by atoms with Crippen LogP contribution < -0.4 is 10.9 Å². The van der Waals surface area contributed by atoms with Gasteiger partial charge in [-0.2, -0.15) is 0 Å². The summed E-state index contributed by atoms with van der Waals surface area (Å²) < 4.78 is 0. The normalized spacial score (nSPS) is 13.9. The van der Waals surface area contributed by atoms with Crippen LogP contribution >= 0.6 is 0 Å². The highest BCUT2D eigenvalue weighted by Crippen LogP contribution is 2.17. The van der Waals surface area contributed by atoms with Crippen LogP contribution in [0.25, 0.3) is 0 Å². The molecule has 1 aliphatic rings. The Bertz CT molecular complexity index is 920. The Morgan fingerprint density at radius 3 is 2.63 bits per heavy atom. The van der Waals surface area contributed by atoms with Crippen molar-refractivity contribution < 1.29 is 9.59 Å². The standard InChI is InChI=1S/C20H24N4O3/c1-13-17(20(27)23-14(2)22-13)10-18(25)21-11-15-6-3-4-7-16(15)12-24-9-5-8-19(24)26/h3-4,6-7H,5,8-12H2,1-2H3,(H,21,25)(H,22,23,27). The van der Waals surface area contributed by atoms with Crippen LogP contribution in [0.15, 0.2) is 29.1 Å². The van der Waals surface area contributed by atoms with Gasteiger partial charge in [0.05, 0.1) is 6.42 Å². The second-order valence-electron chi connectivity index (χ2n) is 6.86. The first-order valence-electron chi connectivity index (χ1n) is 9.11. The van der Waals surface area contributed by atoms with Gasteiger partial charge in [-0.05, 0) is 31.4 Å². The molecule has 7 heteroatoms. The lowest BCUT2D eigenvalue weighted by atomic mass is 10.1. The number of hydrogen-bond acceptors (Lipinski definition) is 4. The Labute approximate surface area is 157 Å². The number of aromatic nitrogens is 2. The van der Waals surface area contributed by atoms with Crippen molar-refractivity contribution in [1.82, 2.24) is 20.2 Å². The van der Waals surface area contributed by atoms with E-state index in [1.165, 1.54) is 0 Å². The number of nitrogens with one attached hydrogen (secondary N) is 2. The minimum atomic E-state index is -0.275. The zero-order valence-electron chi connectivity index (χ0n) is 15.7. The van der Waals surface area contributed by atoms with Gasteiger partial charge >= 0.3 is 0 Å². The summed E-state index contributed by atoms with van der Waals surface area (Å²) in [5.74, 6) is 0.476. The summed E-state index contributed by atoms with van der Waals surface area (Å²) in [6.07, 6.45) is 1.49. The molecule has 2 N–H and O–H groups in total. The van der Waals surface area contributed by atoms with Gasteiger partial charge in [0.25, 0.3) is 5.56 Å². The maximum atomic E-state index is 12.3. The monoisotopic (exact) mass is 368 g/mol. The summed E-state index contributed by atoms with van der Waals surface area (Å²) in [6.45, 7) is 5.13. The van der Waals surface area contributed by atoms with Gasteiger partial charge in [-0.25, -0.2) is 4.98 Å². The van der Waals surface area contributed by atoms with E-state index in [9.17, 15) is 14.4 Å². The number of aryl methyl sites for hydroxylation is 2. The summed E-state index contributed by atoms with van der Waals surface area (Å²) in [6, 6.07) is 7.77. The molecule has 0 saturated carbocycles. The quantitative estimate of drug-likeness (QED) is 0.805. The van der Waals surface area contributed by atoms with Crippen molar-refractivity contribution in [3.8, 4) is 0 Å². The molecule has 1 aliphatic heterocycles. The summed E-state index contributed by atoms with van der Waals surface area (Å²) in [5.41, 5.74) is 2.67. The zero-order chi connectivity index (χ0) is 19.4. The van der Waals surface area contributed by atoms with Crippen LogP contribution in [0.2, 0.25) is 0 Å². The molecular weight excluding hydrogens is 344 g/mol. The van der Waals surface area contributed by atoms with Crippen molar-refractivity contribution in [2.24, 2.45) is 0 Å². The van der Waals surface area contributed by atoms with E-state index in [0.717, 1.165) is 24.1 Å². The van der Waals surface area contributed by atoms with Gasteiger partial charge in [0, 0.05) is 37.3 Å². The molecule has 0 atom stereocenters. The summed E-state index contributed by atoms with van der Waals surface area (Å²) in [4.78, 5) is 44.9. The van der Waals surface area contributed by atoms with Crippen LogP contribution in [0.1, 0.15) is 41.1 Å². The van der Waals surface area contributed by atoms with Crippen LogP contribution in [0.4, 0.5) is 0 Å². The van der Waals surface area contributed by atoms with E-state index in [1.807, 2.05) is 29.2 Å². The van der Waals surface area contributed by atoms with Gasteiger partial charge < -0.3 is 15.2 Å². The minimum Gasteiger partial charge on any atom is -0.352 e. The van der Waals surface area contributed by atoms with Crippen molar-refractivity contribution in [3.05, 3.63) is 62.8 Å². The number of H-pyrrole nitrogens is 1. The fourth-order valence-corrected chi connectivity index (χ4v) is 3.34. The Kier molecular flexibility index (Phi) is 5.69. The molecule has 1 aromatic carbocycles. The maximum absolute atomic E-state index is 12.3. The van der Waals surface area contributed by atoms with Gasteiger partial charge in [-0.15, -0.1) is 0 Å². The lowest BCUT2D eigenvalue weighted by Crippen LogP contribution is -2.30. The largest absolute Gasteiger partial charge is 0.352 e. The van der Waals surface area contributed by atoms with Crippen LogP contribution in [0, 0.1) is 13.8 Å². The zero-order valence-corrected chi connectivity index (χ0v) is 15.7. The van der Waals surface area contributed by atoms with E-state index < -0.39 is 0 Å². The third kappa shape index (κ3) is 4.61. The first-order valence-corrected chi connectivity index (χ1v) is 9.11. The molecule has 1 aromatic heterocycles. The smallest absolute Gasteiger partial charge is 0.254 e. The fraction of sp³-hybridized carbons (Fsp3) is 0.400.